The van der Waals surface area contributed by atoms with Crippen LogP contribution in [0.1, 0.15) is 18.4 Å². The first-order valence-corrected chi connectivity index (χ1v) is 7.73. The second-order valence-electron chi connectivity index (χ2n) is 5.07. The normalized spacial score (nSPS) is 14.0. The Labute approximate surface area is 126 Å². The standard InChI is InChI=1S/C14H16N4O2S/c1-15-13-6-12(18(19)20)7-14(16-13)17(11-2-3-11)8-10-4-5-21-9-10/h4-7,9,11H,2-3,8H2,1H3,(H,15,16). The van der Waals surface area contributed by atoms with Crippen molar-refractivity contribution in [1.82, 2.24) is 4.98 Å². The Kier molecular flexibility index (Phi) is 3.74. The minimum Gasteiger partial charge on any atom is -0.373 e. The molecule has 1 N–H and O–H groups in total. The van der Waals surface area contributed by atoms with Gasteiger partial charge in [-0.2, -0.15) is 11.3 Å². The molecule has 3 rings (SSSR count). The van der Waals surface area contributed by atoms with Gasteiger partial charge in [-0.1, -0.05) is 0 Å². The van der Waals surface area contributed by atoms with Crippen LogP contribution in [0, 0.1) is 10.1 Å². The van der Waals surface area contributed by atoms with Gasteiger partial charge >= 0.3 is 0 Å². The highest BCUT2D eigenvalue weighted by Crippen LogP contribution is 2.34. The SMILES string of the molecule is CNc1cc([N+](=O)[O-])cc(N(Cc2ccsc2)C2CC2)n1. The van der Waals surface area contributed by atoms with E-state index in [2.05, 4.69) is 26.6 Å². The van der Waals surface area contributed by atoms with E-state index in [0.717, 1.165) is 19.4 Å². The van der Waals surface area contributed by atoms with E-state index in [-0.39, 0.29) is 10.6 Å². The highest BCUT2D eigenvalue weighted by molar-refractivity contribution is 7.07. The van der Waals surface area contributed by atoms with Gasteiger partial charge in [0.2, 0.25) is 0 Å². The number of pyridine rings is 1. The molecule has 7 heteroatoms. The molecule has 110 valence electrons. The molecule has 0 amide bonds. The van der Waals surface area contributed by atoms with Crippen LogP contribution in [0.4, 0.5) is 17.3 Å². The zero-order valence-corrected chi connectivity index (χ0v) is 12.5. The highest BCUT2D eigenvalue weighted by atomic mass is 32.1. The van der Waals surface area contributed by atoms with Crippen molar-refractivity contribution in [1.29, 1.82) is 0 Å². The van der Waals surface area contributed by atoms with Crippen molar-refractivity contribution in [3.63, 3.8) is 0 Å². The summed E-state index contributed by atoms with van der Waals surface area (Å²) in [6.45, 7) is 0.742. The van der Waals surface area contributed by atoms with Crippen LogP contribution in [0.5, 0.6) is 0 Å². The first-order valence-electron chi connectivity index (χ1n) is 6.79. The Morgan fingerprint density at radius 1 is 1.52 bits per heavy atom. The first kappa shape index (κ1) is 13.8. The van der Waals surface area contributed by atoms with Gasteiger partial charge in [0.15, 0.2) is 0 Å². The average molecular weight is 304 g/mol. The molecule has 2 aromatic rings. The fourth-order valence-corrected chi connectivity index (χ4v) is 2.91. The second-order valence-corrected chi connectivity index (χ2v) is 5.85. The predicted molar refractivity (Wildman–Crippen MR) is 84.0 cm³/mol. The summed E-state index contributed by atoms with van der Waals surface area (Å²) in [4.78, 5) is 17.4. The van der Waals surface area contributed by atoms with Crippen molar-refractivity contribution < 1.29 is 4.92 Å². The minimum atomic E-state index is -0.373. The van der Waals surface area contributed by atoms with Crippen molar-refractivity contribution in [2.75, 3.05) is 17.3 Å². The number of hydrogen-bond donors (Lipinski definition) is 1. The summed E-state index contributed by atoms with van der Waals surface area (Å²) in [5.74, 6) is 1.19. The van der Waals surface area contributed by atoms with Crippen molar-refractivity contribution in [2.45, 2.75) is 25.4 Å². The summed E-state index contributed by atoms with van der Waals surface area (Å²) in [6, 6.07) is 5.53. The number of thiophene rings is 1. The predicted octanol–water partition coefficient (Wildman–Crippen LogP) is 3.26. The maximum atomic E-state index is 11.1. The first-order chi connectivity index (χ1) is 10.2. The quantitative estimate of drug-likeness (QED) is 0.655. The molecule has 0 radical (unpaired) electrons. The molecule has 0 spiro atoms. The molecule has 1 fully saturated rings. The molecular formula is C14H16N4O2S. The summed E-state index contributed by atoms with van der Waals surface area (Å²) >= 11 is 1.66. The molecule has 21 heavy (non-hydrogen) atoms. The fraction of sp³-hybridized carbons (Fsp3) is 0.357. The van der Waals surface area contributed by atoms with E-state index in [1.807, 2.05) is 5.38 Å². The van der Waals surface area contributed by atoms with Crippen LogP contribution in [-0.4, -0.2) is 23.0 Å². The minimum absolute atomic E-state index is 0.0697. The molecule has 1 aliphatic rings. The molecule has 1 aliphatic carbocycles. The number of nitro groups is 1. The third kappa shape index (κ3) is 3.13. The molecule has 0 bridgehead atoms. The number of nitrogens with zero attached hydrogens (tertiary/aromatic N) is 3. The summed E-state index contributed by atoms with van der Waals surface area (Å²) in [5.41, 5.74) is 1.28. The molecule has 0 aromatic carbocycles. The van der Waals surface area contributed by atoms with Crippen molar-refractivity contribution in [3.05, 3.63) is 44.6 Å². The molecule has 0 atom stereocenters. The highest BCUT2D eigenvalue weighted by Gasteiger charge is 2.31. The lowest BCUT2D eigenvalue weighted by Gasteiger charge is -2.23. The van der Waals surface area contributed by atoms with Crippen LogP contribution in [-0.2, 0) is 6.54 Å². The maximum absolute atomic E-state index is 11.1. The number of nitrogens with one attached hydrogen (secondary N) is 1. The Hall–Kier alpha value is -2.15. The average Bonchev–Trinajstić information content (AvgIpc) is 3.20. The molecule has 2 heterocycles. The van der Waals surface area contributed by atoms with Crippen LogP contribution in [0.25, 0.3) is 0 Å². The summed E-state index contributed by atoms with van der Waals surface area (Å²) in [5, 5.41) is 18.1. The van der Waals surface area contributed by atoms with Crippen molar-refractivity contribution in [3.8, 4) is 0 Å². The van der Waals surface area contributed by atoms with Crippen LogP contribution >= 0.6 is 11.3 Å². The fourth-order valence-electron chi connectivity index (χ4n) is 2.25. The number of anilines is 2. The van der Waals surface area contributed by atoms with Crippen molar-refractivity contribution in [2.24, 2.45) is 0 Å². The van der Waals surface area contributed by atoms with Gasteiger partial charge in [0.1, 0.15) is 11.6 Å². The topological polar surface area (TPSA) is 71.3 Å². The molecule has 0 saturated heterocycles. The van der Waals surface area contributed by atoms with E-state index in [1.165, 1.54) is 11.6 Å². The maximum Gasteiger partial charge on any atom is 0.276 e. The number of aromatic nitrogens is 1. The lowest BCUT2D eigenvalue weighted by atomic mass is 10.3. The van der Waals surface area contributed by atoms with Gasteiger partial charge in [-0.05, 0) is 35.2 Å². The smallest absolute Gasteiger partial charge is 0.276 e. The molecule has 2 aromatic heterocycles. The Balaban J connectivity index is 1.94. The van der Waals surface area contributed by atoms with E-state index in [9.17, 15) is 10.1 Å². The molecule has 0 unspecified atom stereocenters. The van der Waals surface area contributed by atoms with Gasteiger partial charge in [-0.3, -0.25) is 10.1 Å². The van der Waals surface area contributed by atoms with E-state index in [4.69, 9.17) is 0 Å². The van der Waals surface area contributed by atoms with E-state index < -0.39 is 0 Å². The monoisotopic (exact) mass is 304 g/mol. The lowest BCUT2D eigenvalue weighted by molar-refractivity contribution is -0.384. The van der Waals surface area contributed by atoms with E-state index >= 15 is 0 Å². The zero-order chi connectivity index (χ0) is 14.8. The Bertz CT molecular complexity index is 640. The van der Waals surface area contributed by atoms with Gasteiger partial charge in [0, 0.05) is 19.6 Å². The van der Waals surface area contributed by atoms with Gasteiger partial charge in [-0.15, -0.1) is 0 Å². The lowest BCUT2D eigenvalue weighted by Crippen LogP contribution is -2.26. The molecule has 1 saturated carbocycles. The molecule has 0 aliphatic heterocycles. The van der Waals surface area contributed by atoms with E-state index in [0.29, 0.717) is 17.7 Å². The van der Waals surface area contributed by atoms with Crippen LogP contribution in [0.3, 0.4) is 0 Å². The van der Waals surface area contributed by atoms with Crippen molar-refractivity contribution >= 4 is 28.7 Å². The van der Waals surface area contributed by atoms with Crippen LogP contribution < -0.4 is 10.2 Å². The number of rotatable bonds is 6. The van der Waals surface area contributed by atoms with E-state index in [1.54, 1.807) is 24.5 Å². The zero-order valence-electron chi connectivity index (χ0n) is 11.7. The van der Waals surface area contributed by atoms with Gasteiger partial charge in [0.05, 0.1) is 17.1 Å². The Morgan fingerprint density at radius 3 is 2.90 bits per heavy atom. The van der Waals surface area contributed by atoms with Gasteiger partial charge in [0.25, 0.3) is 5.69 Å². The summed E-state index contributed by atoms with van der Waals surface area (Å²) in [7, 11) is 1.72. The number of hydrogen-bond acceptors (Lipinski definition) is 6. The largest absolute Gasteiger partial charge is 0.373 e. The van der Waals surface area contributed by atoms with Gasteiger partial charge in [-0.25, -0.2) is 4.98 Å². The summed E-state index contributed by atoms with van der Waals surface area (Å²) < 4.78 is 0. The van der Waals surface area contributed by atoms with Crippen LogP contribution in [0.2, 0.25) is 0 Å². The third-order valence-electron chi connectivity index (χ3n) is 3.48. The third-order valence-corrected chi connectivity index (χ3v) is 4.21. The Morgan fingerprint density at radius 2 is 2.33 bits per heavy atom. The summed E-state index contributed by atoms with van der Waals surface area (Å²) in [6.07, 6.45) is 2.23. The molecule has 6 nitrogen and oxygen atoms in total. The van der Waals surface area contributed by atoms with Crippen LogP contribution in [0.15, 0.2) is 29.0 Å². The van der Waals surface area contributed by atoms with Gasteiger partial charge < -0.3 is 10.2 Å². The second kappa shape index (κ2) is 5.69. The molecular weight excluding hydrogens is 288 g/mol.